The number of rotatable bonds is 3. The van der Waals surface area contributed by atoms with Crippen LogP contribution in [0.2, 0.25) is 0 Å². The second-order valence-corrected chi connectivity index (χ2v) is 4.15. The Bertz CT molecular complexity index is 321. The van der Waals surface area contributed by atoms with Crippen LogP contribution >= 0.6 is 15.9 Å². The van der Waals surface area contributed by atoms with Crippen molar-refractivity contribution in [1.82, 2.24) is 0 Å². The lowest BCUT2D eigenvalue weighted by molar-refractivity contribution is 0.352. The number of methoxy groups -OCH3 is 2. The minimum Gasteiger partial charge on any atom is -0.493 e. The average Bonchev–Trinajstić information content (AvgIpc) is 2.16. The second kappa shape index (κ2) is 4.69. The highest BCUT2D eigenvalue weighted by Gasteiger charge is 2.14. The fourth-order valence-corrected chi connectivity index (χ4v) is 2.30. The summed E-state index contributed by atoms with van der Waals surface area (Å²) in [6.45, 7) is 4.29. The highest BCUT2D eigenvalue weighted by Crippen LogP contribution is 2.39. The van der Waals surface area contributed by atoms with Gasteiger partial charge in [-0.15, -0.1) is 0 Å². The number of hydrogen-bond donors (Lipinski definition) is 0. The van der Waals surface area contributed by atoms with Gasteiger partial charge in [-0.2, -0.15) is 0 Å². The van der Waals surface area contributed by atoms with E-state index in [9.17, 15) is 0 Å². The second-order valence-electron chi connectivity index (χ2n) is 3.36. The lowest BCUT2D eigenvalue weighted by Gasteiger charge is -2.14. The minimum absolute atomic E-state index is 0.462. The molecule has 0 radical (unpaired) electrons. The molecule has 0 atom stereocenters. The van der Waals surface area contributed by atoms with Crippen molar-refractivity contribution in [3.63, 3.8) is 0 Å². The molecule has 0 bridgehead atoms. The SMILES string of the molecule is COc1ccc(C(C)C)c(Br)c1OC. The van der Waals surface area contributed by atoms with Gasteiger partial charge in [-0.1, -0.05) is 19.9 Å². The van der Waals surface area contributed by atoms with E-state index in [0.717, 1.165) is 16.0 Å². The maximum absolute atomic E-state index is 5.29. The van der Waals surface area contributed by atoms with Gasteiger partial charge in [0, 0.05) is 0 Å². The standard InChI is InChI=1S/C11H15BrO2/c1-7(2)8-5-6-9(13-3)11(14-4)10(8)12/h5-7H,1-4H3. The predicted octanol–water partition coefficient (Wildman–Crippen LogP) is 3.59. The van der Waals surface area contributed by atoms with Crippen LogP contribution in [0.3, 0.4) is 0 Å². The third-order valence-corrected chi connectivity index (χ3v) is 2.95. The first-order valence-corrected chi connectivity index (χ1v) is 5.31. The van der Waals surface area contributed by atoms with E-state index in [1.807, 2.05) is 6.07 Å². The van der Waals surface area contributed by atoms with Crippen LogP contribution in [0.5, 0.6) is 11.5 Å². The van der Waals surface area contributed by atoms with Crippen molar-refractivity contribution in [2.45, 2.75) is 19.8 Å². The molecule has 0 heterocycles. The summed E-state index contributed by atoms with van der Waals surface area (Å²) >= 11 is 3.53. The average molecular weight is 259 g/mol. The molecule has 0 fully saturated rings. The first kappa shape index (κ1) is 11.4. The highest BCUT2D eigenvalue weighted by molar-refractivity contribution is 9.10. The Kier molecular flexibility index (Phi) is 3.81. The van der Waals surface area contributed by atoms with E-state index in [-0.39, 0.29) is 0 Å². The van der Waals surface area contributed by atoms with Crippen LogP contribution in [0.1, 0.15) is 25.3 Å². The Balaban J connectivity index is 3.27. The van der Waals surface area contributed by atoms with Gasteiger partial charge in [-0.3, -0.25) is 0 Å². The zero-order chi connectivity index (χ0) is 10.7. The van der Waals surface area contributed by atoms with E-state index in [4.69, 9.17) is 9.47 Å². The number of ether oxygens (including phenoxy) is 2. The molecule has 0 aliphatic carbocycles. The van der Waals surface area contributed by atoms with Crippen LogP contribution in [0.25, 0.3) is 0 Å². The Morgan fingerprint density at radius 2 is 1.79 bits per heavy atom. The number of hydrogen-bond acceptors (Lipinski definition) is 2. The van der Waals surface area contributed by atoms with Gasteiger partial charge in [0.05, 0.1) is 18.7 Å². The molecular formula is C11H15BrO2. The van der Waals surface area contributed by atoms with E-state index in [1.165, 1.54) is 5.56 Å². The van der Waals surface area contributed by atoms with E-state index in [2.05, 4.69) is 35.8 Å². The fourth-order valence-electron chi connectivity index (χ4n) is 1.35. The molecule has 0 saturated heterocycles. The first-order chi connectivity index (χ1) is 6.61. The summed E-state index contributed by atoms with van der Waals surface area (Å²) in [5, 5.41) is 0. The Labute approximate surface area is 93.4 Å². The van der Waals surface area contributed by atoms with Crippen LogP contribution < -0.4 is 9.47 Å². The molecule has 1 aromatic rings. The van der Waals surface area contributed by atoms with E-state index >= 15 is 0 Å². The minimum atomic E-state index is 0.462. The van der Waals surface area contributed by atoms with E-state index in [1.54, 1.807) is 14.2 Å². The van der Waals surface area contributed by atoms with E-state index in [0.29, 0.717) is 5.92 Å². The molecule has 14 heavy (non-hydrogen) atoms. The predicted molar refractivity (Wildman–Crippen MR) is 61.3 cm³/mol. The van der Waals surface area contributed by atoms with Crippen LogP contribution in [-0.4, -0.2) is 14.2 Å². The normalized spacial score (nSPS) is 10.4. The van der Waals surface area contributed by atoms with Crippen LogP contribution in [0.15, 0.2) is 16.6 Å². The molecule has 0 aliphatic rings. The lowest BCUT2D eigenvalue weighted by atomic mass is 10.0. The summed E-state index contributed by atoms with van der Waals surface area (Å²) < 4.78 is 11.5. The lowest BCUT2D eigenvalue weighted by Crippen LogP contribution is -1.96. The summed E-state index contributed by atoms with van der Waals surface area (Å²) in [5.41, 5.74) is 1.22. The molecule has 78 valence electrons. The third kappa shape index (κ3) is 2.03. The van der Waals surface area contributed by atoms with Crippen molar-refractivity contribution < 1.29 is 9.47 Å². The van der Waals surface area contributed by atoms with Crippen molar-refractivity contribution in [1.29, 1.82) is 0 Å². The molecule has 0 aromatic heterocycles. The topological polar surface area (TPSA) is 18.5 Å². The summed E-state index contributed by atoms with van der Waals surface area (Å²) in [6, 6.07) is 3.98. The van der Waals surface area contributed by atoms with Crippen LogP contribution in [0.4, 0.5) is 0 Å². The fraction of sp³-hybridized carbons (Fsp3) is 0.455. The monoisotopic (exact) mass is 258 g/mol. The summed E-state index contributed by atoms with van der Waals surface area (Å²) in [7, 11) is 3.28. The van der Waals surface area contributed by atoms with Crippen LogP contribution in [-0.2, 0) is 0 Å². The third-order valence-electron chi connectivity index (χ3n) is 2.14. The van der Waals surface area contributed by atoms with E-state index < -0.39 is 0 Å². The molecule has 0 saturated carbocycles. The largest absolute Gasteiger partial charge is 0.493 e. The molecule has 0 spiro atoms. The van der Waals surface area contributed by atoms with Gasteiger partial charge in [-0.05, 0) is 33.5 Å². The first-order valence-electron chi connectivity index (χ1n) is 4.52. The summed E-state index contributed by atoms with van der Waals surface area (Å²) in [4.78, 5) is 0. The quantitative estimate of drug-likeness (QED) is 0.825. The highest BCUT2D eigenvalue weighted by atomic mass is 79.9. The maximum Gasteiger partial charge on any atom is 0.175 e. The molecule has 0 unspecified atom stereocenters. The van der Waals surface area contributed by atoms with Crippen molar-refractivity contribution in [3.05, 3.63) is 22.2 Å². The molecule has 1 rings (SSSR count). The van der Waals surface area contributed by atoms with Crippen molar-refractivity contribution >= 4 is 15.9 Å². The zero-order valence-corrected chi connectivity index (χ0v) is 10.5. The summed E-state index contributed by atoms with van der Waals surface area (Å²) in [6.07, 6.45) is 0. The molecule has 0 aliphatic heterocycles. The molecular weight excluding hydrogens is 244 g/mol. The van der Waals surface area contributed by atoms with Gasteiger partial charge in [0.1, 0.15) is 0 Å². The molecule has 1 aromatic carbocycles. The molecule has 2 nitrogen and oxygen atoms in total. The maximum atomic E-state index is 5.29. The van der Waals surface area contributed by atoms with Crippen LogP contribution in [0, 0.1) is 0 Å². The van der Waals surface area contributed by atoms with Crippen molar-refractivity contribution in [2.75, 3.05) is 14.2 Å². The Morgan fingerprint density at radius 3 is 2.21 bits per heavy atom. The molecule has 3 heteroatoms. The number of benzene rings is 1. The van der Waals surface area contributed by atoms with Gasteiger partial charge in [0.2, 0.25) is 0 Å². The van der Waals surface area contributed by atoms with Gasteiger partial charge in [0.15, 0.2) is 11.5 Å². The van der Waals surface area contributed by atoms with Crippen molar-refractivity contribution in [2.24, 2.45) is 0 Å². The zero-order valence-electron chi connectivity index (χ0n) is 8.93. The van der Waals surface area contributed by atoms with Crippen molar-refractivity contribution in [3.8, 4) is 11.5 Å². The Morgan fingerprint density at radius 1 is 1.14 bits per heavy atom. The molecule has 0 amide bonds. The van der Waals surface area contributed by atoms with Gasteiger partial charge in [-0.25, -0.2) is 0 Å². The van der Waals surface area contributed by atoms with Gasteiger partial charge >= 0.3 is 0 Å². The summed E-state index contributed by atoms with van der Waals surface area (Å²) in [5.74, 6) is 1.98. The molecule has 0 N–H and O–H groups in total. The van der Waals surface area contributed by atoms with Gasteiger partial charge in [0.25, 0.3) is 0 Å². The van der Waals surface area contributed by atoms with Gasteiger partial charge < -0.3 is 9.47 Å². The smallest absolute Gasteiger partial charge is 0.175 e. The Hall–Kier alpha value is -0.700. The number of halogens is 1.